The van der Waals surface area contributed by atoms with Gasteiger partial charge in [0.2, 0.25) is 0 Å². The Bertz CT molecular complexity index is 1610. The van der Waals surface area contributed by atoms with Gasteiger partial charge in [-0.2, -0.15) is 0 Å². The van der Waals surface area contributed by atoms with Crippen molar-refractivity contribution in [2.75, 3.05) is 26.2 Å². The Morgan fingerprint density at radius 2 is 0.812 bits per heavy atom. The van der Waals surface area contributed by atoms with Crippen molar-refractivity contribution in [3.05, 3.63) is 138 Å². The number of hydrogen-bond donors (Lipinski definition) is 4. The molecule has 256 valence electrons. The van der Waals surface area contributed by atoms with Gasteiger partial charge in [-0.1, -0.05) is 83.9 Å². The predicted octanol–water partition coefficient (Wildman–Crippen LogP) is 9.03. The highest BCUT2D eigenvalue weighted by molar-refractivity contribution is 7.80. The van der Waals surface area contributed by atoms with Crippen LogP contribution in [-0.2, 0) is 25.7 Å². The zero-order valence-corrected chi connectivity index (χ0v) is 32.3. The van der Waals surface area contributed by atoms with Crippen LogP contribution in [0.4, 0.5) is 0 Å². The van der Waals surface area contributed by atoms with Gasteiger partial charge in [0.25, 0.3) is 0 Å². The lowest BCUT2D eigenvalue weighted by Gasteiger charge is -2.12. The number of hydrogen-bond acceptors (Lipinski definition) is 2. The Labute approximate surface area is 309 Å². The molecule has 0 aliphatic carbocycles. The van der Waals surface area contributed by atoms with Crippen LogP contribution in [0, 0.1) is 41.5 Å². The molecule has 8 heteroatoms. The average molecular weight is 722 g/mol. The normalized spacial score (nSPS) is 10.5. The van der Waals surface area contributed by atoms with Gasteiger partial charge >= 0.3 is 0 Å². The quantitative estimate of drug-likeness (QED) is 0.110. The Hall–Kier alpha value is -3.16. The average Bonchev–Trinajstić information content (AvgIpc) is 3.04. The van der Waals surface area contributed by atoms with Crippen molar-refractivity contribution in [1.29, 1.82) is 0 Å². The van der Waals surface area contributed by atoms with Crippen LogP contribution in [-0.4, -0.2) is 36.4 Å². The molecule has 4 nitrogen and oxygen atoms in total. The van der Waals surface area contributed by atoms with Crippen molar-refractivity contribution in [1.82, 2.24) is 21.3 Å². The molecule has 0 atom stereocenters. The van der Waals surface area contributed by atoms with Crippen LogP contribution in [0.2, 0.25) is 10.0 Å². The Kier molecular flexibility index (Phi) is 16.7. The van der Waals surface area contributed by atoms with E-state index in [1.54, 1.807) is 6.07 Å². The van der Waals surface area contributed by atoms with Crippen molar-refractivity contribution in [3.63, 3.8) is 0 Å². The van der Waals surface area contributed by atoms with E-state index in [2.05, 4.69) is 117 Å². The molecular formula is C40H50Cl2N4S2. The Balaban J connectivity index is 0.000000260. The van der Waals surface area contributed by atoms with E-state index in [9.17, 15) is 0 Å². The molecule has 0 spiro atoms. The topological polar surface area (TPSA) is 48.1 Å². The zero-order chi connectivity index (χ0) is 35.1. The summed E-state index contributed by atoms with van der Waals surface area (Å²) in [6.45, 7) is 16.1. The number of thiocarbonyl (C=S) groups is 2. The largest absolute Gasteiger partial charge is 0.362 e. The molecule has 0 bridgehead atoms. The minimum Gasteiger partial charge on any atom is -0.362 e. The molecule has 0 radical (unpaired) electrons. The summed E-state index contributed by atoms with van der Waals surface area (Å²) < 4.78 is 0. The van der Waals surface area contributed by atoms with E-state index in [-0.39, 0.29) is 0 Å². The molecule has 0 saturated heterocycles. The molecular weight excluding hydrogens is 672 g/mol. The van der Waals surface area contributed by atoms with Gasteiger partial charge in [-0.25, -0.2) is 0 Å². The molecule has 4 rings (SSSR count). The van der Waals surface area contributed by atoms with Crippen LogP contribution in [0.5, 0.6) is 0 Å². The first-order chi connectivity index (χ1) is 22.9. The molecule has 0 aliphatic rings. The van der Waals surface area contributed by atoms with Crippen molar-refractivity contribution in [2.24, 2.45) is 0 Å². The van der Waals surface area contributed by atoms with E-state index in [0.29, 0.717) is 15.2 Å². The third-order valence-corrected chi connectivity index (χ3v) is 9.67. The molecule has 0 unspecified atom stereocenters. The van der Waals surface area contributed by atoms with Crippen LogP contribution in [0.1, 0.15) is 55.6 Å². The summed E-state index contributed by atoms with van der Waals surface area (Å²) in [5.41, 5.74) is 13.1. The van der Waals surface area contributed by atoms with Gasteiger partial charge in [0.1, 0.15) is 0 Å². The summed E-state index contributed by atoms with van der Waals surface area (Å²) in [4.78, 5) is 0. The Morgan fingerprint density at radius 1 is 0.458 bits per heavy atom. The molecule has 0 amide bonds. The number of halogens is 2. The van der Waals surface area contributed by atoms with E-state index < -0.39 is 0 Å². The van der Waals surface area contributed by atoms with Crippen LogP contribution in [0.25, 0.3) is 0 Å². The van der Waals surface area contributed by atoms with Gasteiger partial charge in [0.15, 0.2) is 10.2 Å². The van der Waals surface area contributed by atoms with E-state index >= 15 is 0 Å². The smallest absolute Gasteiger partial charge is 0.166 e. The lowest BCUT2D eigenvalue weighted by molar-refractivity contribution is 0.801. The number of rotatable bonds is 12. The molecule has 4 aromatic rings. The molecule has 0 heterocycles. The van der Waals surface area contributed by atoms with Crippen LogP contribution >= 0.6 is 47.6 Å². The first-order valence-electron chi connectivity index (χ1n) is 16.6. The third-order valence-electron chi connectivity index (χ3n) is 8.51. The fraction of sp³-hybridized carbons (Fsp3) is 0.350. The van der Waals surface area contributed by atoms with Crippen LogP contribution in [0.3, 0.4) is 0 Å². The van der Waals surface area contributed by atoms with E-state index in [1.807, 2.05) is 12.1 Å². The zero-order valence-electron chi connectivity index (χ0n) is 29.2. The second-order valence-corrected chi connectivity index (χ2v) is 14.0. The second-order valence-electron chi connectivity index (χ2n) is 12.4. The minimum atomic E-state index is 0.653. The maximum absolute atomic E-state index is 6.16. The summed E-state index contributed by atoms with van der Waals surface area (Å²) in [6, 6.07) is 25.4. The standard InChI is InChI=1S/C21H28N2S.C19H22Cl2N2S/c1-15-5-7-19(13-17(15)3)9-11-22-21(24)23-12-10-20-8-6-16(2)18(4)14-20;1-13-3-4-15(11-14(13)2)7-9-22-19(24)23-10-8-16-5-6-17(20)12-18(16)21/h5-8,13-14H,9-12H2,1-4H3,(H2,22,23,24);3-6,11-12H,7-10H2,1-2H3,(H2,22,23,24). The first-order valence-corrected chi connectivity index (χ1v) is 18.1. The first kappa shape index (κ1) is 39.3. The lowest BCUT2D eigenvalue weighted by Crippen LogP contribution is -2.37. The van der Waals surface area contributed by atoms with Crippen molar-refractivity contribution in [2.45, 2.75) is 67.2 Å². The highest BCUT2D eigenvalue weighted by Gasteiger charge is 2.04. The highest BCUT2D eigenvalue weighted by atomic mass is 35.5. The third kappa shape index (κ3) is 14.1. The summed E-state index contributed by atoms with van der Waals surface area (Å²) in [6.07, 6.45) is 3.72. The molecule has 0 fully saturated rings. The number of benzene rings is 4. The monoisotopic (exact) mass is 720 g/mol. The highest BCUT2D eigenvalue weighted by Crippen LogP contribution is 2.21. The summed E-state index contributed by atoms with van der Waals surface area (Å²) >= 11 is 22.7. The van der Waals surface area contributed by atoms with Gasteiger partial charge in [-0.3, -0.25) is 0 Å². The second kappa shape index (κ2) is 20.4. The molecule has 0 aliphatic heterocycles. The van der Waals surface area contributed by atoms with Gasteiger partial charge in [0.05, 0.1) is 0 Å². The van der Waals surface area contributed by atoms with Crippen LogP contribution < -0.4 is 21.3 Å². The SMILES string of the molecule is Cc1ccc(CCNC(=S)NCCc2ccc(C)c(C)c2)cc1C.Cc1ccc(CCNC(=S)NCCc2ccc(Cl)cc2Cl)cc1C. The predicted molar refractivity (Wildman–Crippen MR) is 216 cm³/mol. The molecule has 48 heavy (non-hydrogen) atoms. The lowest BCUT2D eigenvalue weighted by atomic mass is 10.0. The maximum Gasteiger partial charge on any atom is 0.166 e. The van der Waals surface area contributed by atoms with E-state index in [1.165, 1.54) is 50.1 Å². The summed E-state index contributed by atoms with van der Waals surface area (Å²) in [5.74, 6) is 0. The molecule has 4 aromatic carbocycles. The van der Waals surface area contributed by atoms with Gasteiger partial charge in [0, 0.05) is 36.2 Å². The summed E-state index contributed by atoms with van der Waals surface area (Å²) in [5, 5.41) is 15.8. The van der Waals surface area contributed by atoms with Crippen molar-refractivity contribution >= 4 is 57.9 Å². The molecule has 0 aromatic heterocycles. The fourth-order valence-electron chi connectivity index (χ4n) is 5.00. The number of nitrogens with one attached hydrogen (secondary N) is 4. The van der Waals surface area contributed by atoms with E-state index in [0.717, 1.165) is 62.5 Å². The Morgan fingerprint density at radius 3 is 1.15 bits per heavy atom. The maximum atomic E-state index is 6.16. The fourth-order valence-corrected chi connectivity index (χ4v) is 5.91. The van der Waals surface area contributed by atoms with Gasteiger partial charge in [-0.05, 0) is 159 Å². The van der Waals surface area contributed by atoms with Crippen LogP contribution in [0.15, 0.2) is 72.8 Å². The van der Waals surface area contributed by atoms with E-state index in [4.69, 9.17) is 47.6 Å². The summed E-state index contributed by atoms with van der Waals surface area (Å²) in [7, 11) is 0. The van der Waals surface area contributed by atoms with Gasteiger partial charge in [-0.15, -0.1) is 0 Å². The minimum absolute atomic E-state index is 0.653. The number of aryl methyl sites for hydroxylation is 6. The molecule has 0 saturated carbocycles. The van der Waals surface area contributed by atoms with Crippen molar-refractivity contribution in [3.8, 4) is 0 Å². The molecule has 4 N–H and O–H groups in total. The van der Waals surface area contributed by atoms with Crippen molar-refractivity contribution < 1.29 is 0 Å². The van der Waals surface area contributed by atoms with Gasteiger partial charge < -0.3 is 21.3 Å².